The first kappa shape index (κ1) is 15.0. The lowest BCUT2D eigenvalue weighted by Crippen LogP contribution is -2.01. The quantitative estimate of drug-likeness (QED) is 0.563. The molecular formula is C19H18N4OS. The van der Waals surface area contributed by atoms with Crippen LogP contribution in [0.15, 0.2) is 36.7 Å². The Morgan fingerprint density at radius 3 is 3.12 bits per heavy atom. The van der Waals surface area contributed by atoms with Crippen molar-refractivity contribution < 1.29 is 4.74 Å². The van der Waals surface area contributed by atoms with Crippen LogP contribution in [0, 0.1) is 5.92 Å². The second-order valence-electron chi connectivity index (χ2n) is 6.68. The van der Waals surface area contributed by atoms with Gasteiger partial charge in [0.25, 0.3) is 0 Å². The molecule has 25 heavy (non-hydrogen) atoms. The van der Waals surface area contributed by atoms with Crippen LogP contribution >= 0.6 is 11.3 Å². The van der Waals surface area contributed by atoms with E-state index in [4.69, 9.17) is 9.72 Å². The molecule has 5 nitrogen and oxygen atoms in total. The van der Waals surface area contributed by atoms with E-state index in [-0.39, 0.29) is 0 Å². The fraction of sp³-hybridized carbons (Fsp3) is 0.316. The number of hydrogen-bond donors (Lipinski definition) is 0. The summed E-state index contributed by atoms with van der Waals surface area (Å²) in [4.78, 5) is 11.8. The first-order chi connectivity index (χ1) is 12.2. The van der Waals surface area contributed by atoms with Gasteiger partial charge in [-0.3, -0.25) is 4.68 Å². The van der Waals surface area contributed by atoms with Gasteiger partial charge in [0.2, 0.25) is 0 Å². The molecule has 5 heterocycles. The van der Waals surface area contributed by atoms with Gasteiger partial charge in [-0.05, 0) is 43.0 Å². The Bertz CT molecular complexity index is 1060. The first-order valence-electron chi connectivity index (χ1n) is 8.51. The summed E-state index contributed by atoms with van der Waals surface area (Å²) in [6.07, 6.45) is 6.11. The molecule has 0 aromatic carbocycles. The number of fused-ring (bicyclic) bond motifs is 2. The molecule has 0 unspecified atom stereocenters. The Morgan fingerprint density at radius 2 is 2.24 bits per heavy atom. The zero-order valence-electron chi connectivity index (χ0n) is 14.0. The van der Waals surface area contributed by atoms with E-state index < -0.39 is 0 Å². The summed E-state index contributed by atoms with van der Waals surface area (Å²) >= 11 is 1.80. The highest BCUT2D eigenvalue weighted by Crippen LogP contribution is 2.30. The number of aryl methyl sites for hydroxylation is 1. The molecule has 1 atom stereocenters. The number of nitrogens with zero attached hydrogens (tertiary/aromatic N) is 4. The molecule has 0 saturated carbocycles. The number of pyridine rings is 2. The molecule has 1 aliphatic rings. The Hall–Kier alpha value is -2.31. The van der Waals surface area contributed by atoms with Gasteiger partial charge in [-0.2, -0.15) is 5.10 Å². The highest BCUT2D eigenvalue weighted by atomic mass is 32.1. The molecule has 5 rings (SSSR count). The predicted octanol–water partition coefficient (Wildman–Crippen LogP) is 3.82. The summed E-state index contributed by atoms with van der Waals surface area (Å²) < 4.78 is 7.28. The first-order valence-corrected chi connectivity index (χ1v) is 9.33. The van der Waals surface area contributed by atoms with Crippen LogP contribution in [-0.4, -0.2) is 33.0 Å². The number of rotatable bonds is 3. The van der Waals surface area contributed by atoms with Crippen LogP contribution in [0.4, 0.5) is 0 Å². The summed E-state index contributed by atoms with van der Waals surface area (Å²) in [5.41, 5.74) is 2.76. The van der Waals surface area contributed by atoms with Gasteiger partial charge in [-0.15, -0.1) is 11.3 Å². The number of aromatic nitrogens is 4. The molecule has 0 aliphatic carbocycles. The van der Waals surface area contributed by atoms with Gasteiger partial charge in [-0.1, -0.05) is 0 Å². The van der Waals surface area contributed by atoms with Crippen molar-refractivity contribution in [3.05, 3.63) is 41.5 Å². The van der Waals surface area contributed by atoms with Crippen molar-refractivity contribution >= 4 is 32.6 Å². The van der Waals surface area contributed by atoms with Crippen LogP contribution < -0.4 is 0 Å². The minimum atomic E-state index is 0.657. The van der Waals surface area contributed by atoms with E-state index in [2.05, 4.69) is 34.3 Å². The summed E-state index contributed by atoms with van der Waals surface area (Å²) in [6, 6.07) is 8.62. The molecule has 0 amide bonds. The van der Waals surface area contributed by atoms with Gasteiger partial charge in [-0.25, -0.2) is 9.97 Å². The highest BCUT2D eigenvalue weighted by molar-refractivity contribution is 7.18. The van der Waals surface area contributed by atoms with Crippen LogP contribution in [0.25, 0.3) is 32.5 Å². The lowest BCUT2D eigenvalue weighted by Gasteiger charge is -2.03. The van der Waals surface area contributed by atoms with Crippen molar-refractivity contribution in [1.82, 2.24) is 19.7 Å². The number of hydrogen-bond acceptors (Lipinski definition) is 5. The monoisotopic (exact) mass is 350 g/mol. The smallest absolute Gasteiger partial charge is 0.181 e. The fourth-order valence-corrected chi connectivity index (χ4v) is 4.57. The molecule has 4 aromatic rings. The molecule has 1 fully saturated rings. The van der Waals surface area contributed by atoms with Gasteiger partial charge in [0.05, 0.1) is 5.69 Å². The van der Waals surface area contributed by atoms with Crippen LogP contribution in [0.1, 0.15) is 11.3 Å². The van der Waals surface area contributed by atoms with Crippen LogP contribution in [0.5, 0.6) is 0 Å². The van der Waals surface area contributed by atoms with Gasteiger partial charge < -0.3 is 4.74 Å². The third-order valence-corrected chi connectivity index (χ3v) is 5.78. The van der Waals surface area contributed by atoms with Crippen molar-refractivity contribution in [3.63, 3.8) is 0 Å². The maximum Gasteiger partial charge on any atom is 0.181 e. The topological polar surface area (TPSA) is 52.8 Å². The van der Waals surface area contributed by atoms with Crippen molar-refractivity contribution in [3.8, 4) is 11.3 Å². The predicted molar refractivity (Wildman–Crippen MR) is 99.8 cm³/mol. The summed E-state index contributed by atoms with van der Waals surface area (Å²) in [5, 5.41) is 6.58. The van der Waals surface area contributed by atoms with Crippen molar-refractivity contribution in [1.29, 1.82) is 0 Å². The molecule has 1 aliphatic heterocycles. The Morgan fingerprint density at radius 1 is 1.28 bits per heavy atom. The molecule has 6 heteroatoms. The summed E-state index contributed by atoms with van der Waals surface area (Å²) in [5.74, 6) is 0.657. The summed E-state index contributed by atoms with van der Waals surface area (Å²) in [7, 11) is 1.91. The molecule has 4 aromatic heterocycles. The largest absolute Gasteiger partial charge is 0.381 e. The maximum atomic E-state index is 5.49. The minimum absolute atomic E-state index is 0.657. The highest BCUT2D eigenvalue weighted by Gasteiger charge is 2.17. The molecule has 0 bridgehead atoms. The van der Waals surface area contributed by atoms with Crippen LogP contribution in [-0.2, 0) is 18.2 Å². The number of ether oxygens (including phenoxy) is 1. The maximum absolute atomic E-state index is 5.49. The van der Waals surface area contributed by atoms with E-state index in [9.17, 15) is 0 Å². The Balaban J connectivity index is 1.49. The molecule has 126 valence electrons. The molecular weight excluding hydrogens is 332 g/mol. The van der Waals surface area contributed by atoms with Gasteiger partial charge >= 0.3 is 0 Å². The van der Waals surface area contributed by atoms with E-state index in [1.807, 2.05) is 19.4 Å². The van der Waals surface area contributed by atoms with Crippen molar-refractivity contribution in [2.75, 3.05) is 13.2 Å². The fourth-order valence-electron chi connectivity index (χ4n) is 3.43. The van der Waals surface area contributed by atoms with E-state index in [0.717, 1.165) is 46.8 Å². The normalized spacial score (nSPS) is 17.7. The molecule has 0 N–H and O–H groups in total. The average Bonchev–Trinajstić information content (AvgIpc) is 3.31. The Kier molecular flexibility index (Phi) is 3.53. The zero-order valence-corrected chi connectivity index (χ0v) is 14.8. The minimum Gasteiger partial charge on any atom is -0.381 e. The van der Waals surface area contributed by atoms with E-state index in [1.54, 1.807) is 16.0 Å². The summed E-state index contributed by atoms with van der Waals surface area (Å²) in [6.45, 7) is 1.80. The zero-order chi connectivity index (χ0) is 16.8. The average molecular weight is 350 g/mol. The lowest BCUT2D eigenvalue weighted by atomic mass is 10.0. The van der Waals surface area contributed by atoms with Crippen LogP contribution in [0.3, 0.4) is 0 Å². The van der Waals surface area contributed by atoms with Gasteiger partial charge in [0.15, 0.2) is 5.65 Å². The van der Waals surface area contributed by atoms with Crippen LogP contribution in [0.2, 0.25) is 0 Å². The van der Waals surface area contributed by atoms with Gasteiger partial charge in [0.1, 0.15) is 4.83 Å². The SMILES string of the molecule is Cn1cc2cc(-c3ccc4cc(C[C@@H]5CCOC5)sc4n3)cnc2n1. The van der Waals surface area contributed by atoms with Gasteiger partial charge in [0, 0.05) is 53.9 Å². The standard InChI is InChI=1S/C19H18N4OS/c1-23-10-15-7-14(9-20-18(15)22-23)17-3-2-13-8-16(25-19(13)21-17)6-12-4-5-24-11-12/h2-3,7-10,12H,4-6,11H2,1H3/t12-/m0/s1. The van der Waals surface area contributed by atoms with E-state index in [0.29, 0.717) is 5.92 Å². The molecule has 0 spiro atoms. The second-order valence-corrected chi connectivity index (χ2v) is 7.79. The second kappa shape index (κ2) is 5.89. The Labute approximate surface area is 149 Å². The lowest BCUT2D eigenvalue weighted by molar-refractivity contribution is 0.186. The van der Waals surface area contributed by atoms with E-state index >= 15 is 0 Å². The number of thiophene rings is 1. The van der Waals surface area contributed by atoms with Crippen molar-refractivity contribution in [2.24, 2.45) is 13.0 Å². The molecule has 1 saturated heterocycles. The molecule has 0 radical (unpaired) electrons. The third-order valence-electron chi connectivity index (χ3n) is 4.72. The van der Waals surface area contributed by atoms with Crippen molar-refractivity contribution in [2.45, 2.75) is 12.8 Å². The van der Waals surface area contributed by atoms with E-state index in [1.165, 1.54) is 16.7 Å². The third kappa shape index (κ3) is 2.81.